The number of carbonyl (C=O) groups excluding carboxylic acids is 1. The second-order valence-corrected chi connectivity index (χ2v) is 7.04. The van der Waals surface area contributed by atoms with Crippen LogP contribution in [0.25, 0.3) is 0 Å². The number of aromatic nitrogens is 2. The van der Waals surface area contributed by atoms with E-state index in [1.54, 1.807) is 6.20 Å². The van der Waals surface area contributed by atoms with Gasteiger partial charge in [-0.05, 0) is 49.1 Å². The number of halogens is 1. The van der Waals surface area contributed by atoms with E-state index in [0.29, 0.717) is 24.0 Å². The van der Waals surface area contributed by atoms with E-state index in [9.17, 15) is 4.79 Å². The molecule has 2 atom stereocenters. The molecule has 126 valence electrons. The predicted molar refractivity (Wildman–Crippen MR) is 91.3 cm³/mol. The third-order valence-corrected chi connectivity index (χ3v) is 5.21. The lowest BCUT2D eigenvalue weighted by Gasteiger charge is -2.35. The Balaban J connectivity index is 1.46. The number of likely N-dealkylation sites (tertiary alicyclic amines) is 1. The van der Waals surface area contributed by atoms with Gasteiger partial charge in [0.25, 0.3) is 0 Å². The van der Waals surface area contributed by atoms with Crippen molar-refractivity contribution in [1.29, 1.82) is 0 Å². The van der Waals surface area contributed by atoms with Crippen molar-refractivity contribution >= 4 is 17.5 Å². The maximum absolute atomic E-state index is 13.0. The number of hydrogen-bond acceptors (Lipinski definition) is 3. The van der Waals surface area contributed by atoms with Gasteiger partial charge in [0.05, 0.1) is 5.92 Å². The molecule has 1 aromatic carbocycles. The highest BCUT2D eigenvalue weighted by molar-refractivity contribution is 6.30. The van der Waals surface area contributed by atoms with E-state index >= 15 is 0 Å². The zero-order chi connectivity index (χ0) is 16.5. The van der Waals surface area contributed by atoms with Gasteiger partial charge in [-0.2, -0.15) is 5.10 Å². The van der Waals surface area contributed by atoms with Gasteiger partial charge >= 0.3 is 0 Å². The van der Waals surface area contributed by atoms with Crippen LogP contribution in [-0.4, -0.2) is 40.7 Å². The van der Waals surface area contributed by atoms with Crippen LogP contribution >= 0.6 is 11.6 Å². The molecule has 5 nitrogen and oxygen atoms in total. The van der Waals surface area contributed by atoms with E-state index < -0.39 is 0 Å². The van der Waals surface area contributed by atoms with Gasteiger partial charge in [-0.3, -0.25) is 9.89 Å². The third-order valence-electron chi connectivity index (χ3n) is 4.97. The molecule has 0 saturated carbocycles. The van der Waals surface area contributed by atoms with E-state index in [0.717, 1.165) is 42.9 Å². The summed E-state index contributed by atoms with van der Waals surface area (Å²) < 4.78 is 5.78. The summed E-state index contributed by atoms with van der Waals surface area (Å²) in [6.45, 7) is 2.01. The molecule has 1 saturated heterocycles. The van der Waals surface area contributed by atoms with Crippen molar-refractivity contribution in [2.45, 2.75) is 25.2 Å². The van der Waals surface area contributed by atoms with Crippen LogP contribution in [-0.2, 0) is 11.2 Å². The normalized spacial score (nSPS) is 23.5. The first-order valence-electron chi connectivity index (χ1n) is 8.40. The largest absolute Gasteiger partial charge is 0.492 e. The van der Waals surface area contributed by atoms with Gasteiger partial charge in [-0.1, -0.05) is 11.6 Å². The van der Waals surface area contributed by atoms with Gasteiger partial charge in [0.2, 0.25) is 5.91 Å². The Morgan fingerprint density at radius 1 is 1.38 bits per heavy atom. The summed E-state index contributed by atoms with van der Waals surface area (Å²) in [6.07, 6.45) is 4.57. The molecule has 2 aliphatic rings. The monoisotopic (exact) mass is 345 g/mol. The molecule has 0 radical (unpaired) electrons. The topological polar surface area (TPSA) is 58.2 Å². The fourth-order valence-corrected chi connectivity index (χ4v) is 3.90. The van der Waals surface area contributed by atoms with Crippen LogP contribution in [0.1, 0.15) is 30.0 Å². The van der Waals surface area contributed by atoms with E-state index in [2.05, 4.69) is 10.2 Å². The highest BCUT2D eigenvalue weighted by Gasteiger charge is 2.33. The molecule has 1 aromatic heterocycles. The number of nitrogens with one attached hydrogen (secondary N) is 1. The smallest absolute Gasteiger partial charge is 0.229 e. The van der Waals surface area contributed by atoms with Crippen molar-refractivity contribution in [2.75, 3.05) is 19.7 Å². The number of carbonyl (C=O) groups is 1. The van der Waals surface area contributed by atoms with E-state index in [4.69, 9.17) is 16.3 Å². The predicted octanol–water partition coefficient (Wildman–Crippen LogP) is 3.02. The number of fused-ring (bicyclic) bond motifs is 1. The van der Waals surface area contributed by atoms with Crippen LogP contribution in [0, 0.1) is 5.92 Å². The lowest BCUT2D eigenvalue weighted by atomic mass is 9.91. The van der Waals surface area contributed by atoms with Crippen LogP contribution in [0.15, 0.2) is 30.5 Å². The number of nitrogens with zero attached hydrogens (tertiary/aromatic N) is 2. The summed E-state index contributed by atoms with van der Waals surface area (Å²) in [6, 6.07) is 7.61. The minimum Gasteiger partial charge on any atom is -0.492 e. The number of rotatable bonds is 2. The first-order valence-corrected chi connectivity index (χ1v) is 8.78. The molecule has 2 aromatic rings. The highest BCUT2D eigenvalue weighted by Crippen LogP contribution is 2.32. The second kappa shape index (κ2) is 6.48. The molecule has 4 rings (SSSR count). The van der Waals surface area contributed by atoms with Gasteiger partial charge < -0.3 is 9.64 Å². The fourth-order valence-electron chi connectivity index (χ4n) is 3.71. The van der Waals surface area contributed by atoms with E-state index in [1.165, 1.54) is 0 Å². The minimum atomic E-state index is -0.128. The lowest BCUT2D eigenvalue weighted by molar-refractivity contribution is -0.138. The Bertz CT molecular complexity index is 732. The van der Waals surface area contributed by atoms with Crippen molar-refractivity contribution in [1.82, 2.24) is 15.1 Å². The van der Waals surface area contributed by atoms with Crippen LogP contribution in [0.3, 0.4) is 0 Å². The van der Waals surface area contributed by atoms with Crippen LogP contribution in [0.4, 0.5) is 0 Å². The highest BCUT2D eigenvalue weighted by atomic mass is 35.5. The van der Waals surface area contributed by atoms with Crippen LogP contribution < -0.4 is 4.74 Å². The zero-order valence-corrected chi connectivity index (χ0v) is 14.1. The summed E-state index contributed by atoms with van der Waals surface area (Å²) in [5, 5.41) is 7.75. The van der Waals surface area contributed by atoms with Crippen molar-refractivity contribution < 1.29 is 9.53 Å². The third kappa shape index (κ3) is 3.00. The average molecular weight is 346 g/mol. The first kappa shape index (κ1) is 15.5. The van der Waals surface area contributed by atoms with Gasteiger partial charge in [-0.15, -0.1) is 0 Å². The number of ether oxygens (including phenoxy) is 1. The number of aromatic amines is 1. The molecule has 3 heterocycles. The van der Waals surface area contributed by atoms with Gasteiger partial charge in [0, 0.05) is 35.9 Å². The Kier molecular flexibility index (Phi) is 4.19. The standard InChI is InChI=1S/C18H20ClN3O2/c19-15-3-4-17-13(9-15)8-14(11-24-17)18(23)22-7-1-2-12(10-22)16-5-6-20-21-16/h3-6,9,12,14H,1-2,7-8,10-11H2,(H,20,21). The maximum atomic E-state index is 13.0. The molecular formula is C18H20ClN3O2. The van der Waals surface area contributed by atoms with Crippen molar-refractivity contribution in [3.8, 4) is 5.75 Å². The minimum absolute atomic E-state index is 0.128. The second-order valence-electron chi connectivity index (χ2n) is 6.60. The summed E-state index contributed by atoms with van der Waals surface area (Å²) in [4.78, 5) is 14.9. The number of hydrogen-bond donors (Lipinski definition) is 1. The molecule has 2 unspecified atom stereocenters. The molecule has 2 aliphatic heterocycles. The average Bonchev–Trinajstić information content (AvgIpc) is 3.15. The van der Waals surface area contributed by atoms with Crippen LogP contribution in [0.2, 0.25) is 5.02 Å². The fraction of sp³-hybridized carbons (Fsp3) is 0.444. The molecular weight excluding hydrogens is 326 g/mol. The lowest BCUT2D eigenvalue weighted by Crippen LogP contribution is -2.45. The molecule has 0 aliphatic carbocycles. The number of benzene rings is 1. The number of amides is 1. The first-order chi connectivity index (χ1) is 11.7. The van der Waals surface area contributed by atoms with Crippen molar-refractivity contribution in [3.05, 3.63) is 46.7 Å². The zero-order valence-electron chi connectivity index (χ0n) is 13.4. The Labute approximate surface area is 145 Å². The van der Waals surface area contributed by atoms with Gasteiger partial charge in [-0.25, -0.2) is 0 Å². The summed E-state index contributed by atoms with van der Waals surface area (Å²) >= 11 is 6.07. The van der Waals surface area contributed by atoms with E-state index in [-0.39, 0.29) is 11.8 Å². The molecule has 0 spiro atoms. The molecule has 24 heavy (non-hydrogen) atoms. The SMILES string of the molecule is O=C(C1COc2ccc(Cl)cc2C1)N1CCCC(c2ccn[nH]2)C1. The molecule has 1 fully saturated rings. The summed E-state index contributed by atoms with van der Waals surface area (Å²) in [5.74, 6) is 1.25. The molecule has 1 N–H and O–H groups in total. The van der Waals surface area contributed by atoms with Crippen molar-refractivity contribution in [2.24, 2.45) is 5.92 Å². The van der Waals surface area contributed by atoms with E-state index in [1.807, 2.05) is 29.2 Å². The van der Waals surface area contributed by atoms with Crippen LogP contribution in [0.5, 0.6) is 5.75 Å². The molecule has 6 heteroatoms. The number of H-pyrrole nitrogens is 1. The quantitative estimate of drug-likeness (QED) is 0.910. The molecule has 1 amide bonds. The maximum Gasteiger partial charge on any atom is 0.229 e. The van der Waals surface area contributed by atoms with Gasteiger partial charge in [0.15, 0.2) is 0 Å². The Morgan fingerprint density at radius 2 is 2.29 bits per heavy atom. The molecule has 0 bridgehead atoms. The Morgan fingerprint density at radius 3 is 3.12 bits per heavy atom. The van der Waals surface area contributed by atoms with Gasteiger partial charge in [0.1, 0.15) is 12.4 Å². The Hall–Kier alpha value is -2.01. The summed E-state index contributed by atoms with van der Waals surface area (Å²) in [7, 11) is 0. The number of piperidine rings is 1. The van der Waals surface area contributed by atoms with Crippen molar-refractivity contribution in [3.63, 3.8) is 0 Å². The summed E-state index contributed by atoms with van der Waals surface area (Å²) in [5.41, 5.74) is 2.14.